The maximum Gasteiger partial charge on any atom is 0.253 e. The number of piperazine rings is 1. The van der Waals surface area contributed by atoms with Crippen molar-refractivity contribution < 1.29 is 22.7 Å². The fourth-order valence-electron chi connectivity index (χ4n) is 7.17. The number of nitrogens with zero attached hydrogens (tertiary/aromatic N) is 3. The third kappa shape index (κ3) is 7.19. The third-order valence-electron chi connectivity index (χ3n) is 10.1. The zero-order valence-corrected chi connectivity index (χ0v) is 28.9. The van der Waals surface area contributed by atoms with Crippen LogP contribution in [0.4, 0.5) is 0 Å². The van der Waals surface area contributed by atoms with Crippen LogP contribution in [-0.2, 0) is 14.8 Å². The fourth-order valence-corrected chi connectivity index (χ4v) is 8.90. The number of likely N-dealkylation sites (tertiary alicyclic amines) is 1. The Bertz CT molecular complexity index is 1940. The molecule has 4 aromatic rings. The maximum absolute atomic E-state index is 14.3. The van der Waals surface area contributed by atoms with Crippen molar-refractivity contribution in [3.05, 3.63) is 95.5 Å². The lowest BCUT2D eigenvalue weighted by atomic mass is 10.0. The molecule has 2 amide bonds. The molecule has 7 rings (SSSR count). The van der Waals surface area contributed by atoms with E-state index in [4.69, 9.17) is 22.1 Å². The van der Waals surface area contributed by atoms with Gasteiger partial charge in [-0.1, -0.05) is 48.0 Å². The van der Waals surface area contributed by atoms with Crippen molar-refractivity contribution in [3.8, 4) is 16.9 Å². The van der Waals surface area contributed by atoms with Crippen molar-refractivity contribution in [2.24, 2.45) is 5.73 Å². The molecule has 3 fully saturated rings. The third-order valence-corrected chi connectivity index (χ3v) is 12.2. The first-order chi connectivity index (χ1) is 23.7. The van der Waals surface area contributed by atoms with Crippen molar-refractivity contribution in [1.82, 2.24) is 14.1 Å². The smallest absolute Gasteiger partial charge is 0.253 e. The van der Waals surface area contributed by atoms with Crippen LogP contribution in [0.5, 0.6) is 5.75 Å². The summed E-state index contributed by atoms with van der Waals surface area (Å²) >= 11 is 6.04. The zero-order chi connectivity index (χ0) is 34.1. The molecule has 1 aliphatic carbocycles. The predicted octanol–water partition coefficient (Wildman–Crippen LogP) is 5.95. The maximum atomic E-state index is 14.3. The Balaban J connectivity index is 1.13. The molecule has 4 aromatic carbocycles. The summed E-state index contributed by atoms with van der Waals surface area (Å²) in [5.74, 6) is 0.224. The Labute approximate surface area is 292 Å². The largest absolute Gasteiger partial charge is 0.490 e. The molecule has 2 saturated heterocycles. The minimum atomic E-state index is -4.10. The minimum absolute atomic E-state index is 0.00541. The van der Waals surface area contributed by atoms with Gasteiger partial charge in [0, 0.05) is 49.4 Å². The monoisotopic (exact) mass is 700 g/mol. The summed E-state index contributed by atoms with van der Waals surface area (Å²) in [4.78, 5) is 31.3. The molecule has 2 aliphatic heterocycles. The van der Waals surface area contributed by atoms with E-state index >= 15 is 0 Å². The van der Waals surface area contributed by atoms with Crippen LogP contribution >= 0.6 is 11.6 Å². The van der Waals surface area contributed by atoms with Gasteiger partial charge in [0.2, 0.25) is 15.9 Å². The number of nitrogens with two attached hydrogens (primary N) is 1. The summed E-state index contributed by atoms with van der Waals surface area (Å²) in [6.45, 7) is 0.999. The van der Waals surface area contributed by atoms with Gasteiger partial charge in [0.15, 0.2) is 0 Å². The molecule has 11 heteroatoms. The first-order valence-electron chi connectivity index (χ1n) is 17.1. The van der Waals surface area contributed by atoms with Gasteiger partial charge in [-0.05, 0) is 109 Å². The van der Waals surface area contributed by atoms with Crippen molar-refractivity contribution in [2.75, 3.05) is 32.7 Å². The first kappa shape index (κ1) is 33.5. The molecule has 0 unspecified atom stereocenters. The Morgan fingerprint density at radius 2 is 1.37 bits per heavy atom. The average Bonchev–Trinajstić information content (AvgIpc) is 3.64. The molecule has 2 N–H and O–H groups in total. The van der Waals surface area contributed by atoms with E-state index in [0.717, 1.165) is 40.5 Å². The highest BCUT2D eigenvalue weighted by Crippen LogP contribution is 2.31. The summed E-state index contributed by atoms with van der Waals surface area (Å²) in [6, 6.07) is 24.4. The summed E-state index contributed by atoms with van der Waals surface area (Å²) in [5.41, 5.74) is 8.49. The lowest BCUT2D eigenvalue weighted by Crippen LogP contribution is -2.62. The van der Waals surface area contributed by atoms with E-state index < -0.39 is 16.1 Å². The van der Waals surface area contributed by atoms with Crippen LogP contribution in [0.25, 0.3) is 21.9 Å². The fraction of sp³-hybridized carbons (Fsp3) is 0.368. The molecule has 3 aliphatic rings. The molecule has 49 heavy (non-hydrogen) atoms. The average molecular weight is 701 g/mol. The van der Waals surface area contributed by atoms with Crippen LogP contribution in [0.15, 0.2) is 89.8 Å². The Morgan fingerprint density at radius 3 is 2.06 bits per heavy atom. The molecule has 1 atom stereocenters. The Hall–Kier alpha value is -3.96. The standard InChI is InChI=1S/C38H41ClN4O5S/c39-31-13-9-27(10-14-31)26-5-7-28(8-6-26)37(44)42-21-22-43(36(25-42)38(45)41-19-17-32(40)18-20-41)49(46,47)35-16-12-29-23-34(15-11-30(29)24-35)48-33-3-1-2-4-33/h5-16,23-24,32-33,36H,1-4,17-22,25,40H2/t36-/m0/s1. The van der Waals surface area contributed by atoms with Gasteiger partial charge in [0.1, 0.15) is 11.8 Å². The van der Waals surface area contributed by atoms with E-state index in [-0.39, 0.29) is 48.5 Å². The summed E-state index contributed by atoms with van der Waals surface area (Å²) in [5, 5.41) is 2.29. The van der Waals surface area contributed by atoms with E-state index in [1.807, 2.05) is 54.6 Å². The number of ether oxygens (including phenoxy) is 1. The summed E-state index contributed by atoms with van der Waals surface area (Å²) < 4.78 is 36.1. The van der Waals surface area contributed by atoms with Gasteiger partial charge in [-0.15, -0.1) is 0 Å². The van der Waals surface area contributed by atoms with E-state index in [2.05, 4.69) is 0 Å². The number of hydrogen-bond acceptors (Lipinski definition) is 6. The van der Waals surface area contributed by atoms with Crippen molar-refractivity contribution in [2.45, 2.75) is 61.6 Å². The highest BCUT2D eigenvalue weighted by molar-refractivity contribution is 7.89. The number of amides is 2. The molecule has 0 radical (unpaired) electrons. The second-order valence-electron chi connectivity index (χ2n) is 13.3. The van der Waals surface area contributed by atoms with E-state index in [0.29, 0.717) is 36.5 Å². The summed E-state index contributed by atoms with van der Waals surface area (Å²) in [6.07, 6.45) is 5.96. The highest BCUT2D eigenvalue weighted by atomic mass is 35.5. The number of sulfonamides is 1. The number of rotatable bonds is 7. The second-order valence-corrected chi connectivity index (χ2v) is 15.7. The predicted molar refractivity (Wildman–Crippen MR) is 191 cm³/mol. The van der Waals surface area contributed by atoms with Crippen molar-refractivity contribution in [3.63, 3.8) is 0 Å². The van der Waals surface area contributed by atoms with Gasteiger partial charge in [0.05, 0.1) is 11.0 Å². The number of carbonyl (C=O) groups excluding carboxylic acids is 2. The molecular weight excluding hydrogens is 660 g/mol. The number of benzene rings is 4. The van der Waals surface area contributed by atoms with Crippen LogP contribution < -0.4 is 10.5 Å². The molecule has 0 spiro atoms. The zero-order valence-electron chi connectivity index (χ0n) is 27.3. The number of fused-ring (bicyclic) bond motifs is 1. The minimum Gasteiger partial charge on any atom is -0.490 e. The van der Waals surface area contributed by atoms with Crippen LogP contribution in [0, 0.1) is 0 Å². The van der Waals surface area contributed by atoms with Gasteiger partial charge in [-0.3, -0.25) is 9.59 Å². The van der Waals surface area contributed by atoms with Gasteiger partial charge in [0.25, 0.3) is 5.91 Å². The van der Waals surface area contributed by atoms with Gasteiger partial charge in [-0.2, -0.15) is 4.31 Å². The van der Waals surface area contributed by atoms with Gasteiger partial charge in [-0.25, -0.2) is 8.42 Å². The normalized spacial score (nSPS) is 19.8. The Morgan fingerprint density at radius 1 is 0.735 bits per heavy atom. The van der Waals surface area contributed by atoms with Gasteiger partial charge >= 0.3 is 0 Å². The van der Waals surface area contributed by atoms with Crippen molar-refractivity contribution in [1.29, 1.82) is 0 Å². The molecule has 0 bridgehead atoms. The van der Waals surface area contributed by atoms with Crippen LogP contribution in [0.2, 0.25) is 5.02 Å². The second kappa shape index (κ2) is 14.1. The number of halogens is 1. The molecule has 1 saturated carbocycles. The number of hydrogen-bond donors (Lipinski definition) is 1. The first-order valence-corrected chi connectivity index (χ1v) is 18.9. The summed E-state index contributed by atoms with van der Waals surface area (Å²) in [7, 11) is -4.10. The SMILES string of the molecule is NC1CCN(C(=O)[C@@H]2CN(C(=O)c3ccc(-c4ccc(Cl)cc4)cc3)CCN2S(=O)(=O)c2ccc3cc(OC4CCCC4)ccc3c2)CC1. The topological polar surface area (TPSA) is 113 Å². The van der Waals surface area contributed by atoms with Crippen LogP contribution in [-0.4, -0.2) is 85.2 Å². The van der Waals surface area contributed by atoms with Crippen molar-refractivity contribution >= 4 is 44.2 Å². The van der Waals surface area contributed by atoms with E-state index in [1.54, 1.807) is 40.1 Å². The van der Waals surface area contributed by atoms with E-state index in [9.17, 15) is 18.0 Å². The molecule has 2 heterocycles. The highest BCUT2D eigenvalue weighted by Gasteiger charge is 2.43. The van der Waals surface area contributed by atoms with E-state index in [1.165, 1.54) is 17.1 Å². The van der Waals surface area contributed by atoms with Crippen LogP contribution in [0.1, 0.15) is 48.9 Å². The molecule has 256 valence electrons. The molecular formula is C38H41ClN4O5S. The number of carbonyl (C=O) groups is 2. The quantitative estimate of drug-likeness (QED) is 0.255. The lowest BCUT2D eigenvalue weighted by molar-refractivity contribution is -0.137. The Kier molecular flexibility index (Phi) is 9.66. The number of piperidine rings is 1. The van der Waals surface area contributed by atoms with Gasteiger partial charge < -0.3 is 20.3 Å². The van der Waals surface area contributed by atoms with Crippen LogP contribution in [0.3, 0.4) is 0 Å². The lowest BCUT2D eigenvalue weighted by Gasteiger charge is -2.42. The molecule has 9 nitrogen and oxygen atoms in total. The molecule has 0 aromatic heterocycles.